The molecule has 0 bridgehead atoms. The van der Waals surface area contributed by atoms with Gasteiger partial charge < -0.3 is 24.6 Å². The molecule has 2 aliphatic rings. The number of ether oxygens (including phenoxy) is 2. The van der Waals surface area contributed by atoms with Crippen LogP contribution in [0.4, 0.5) is 5.69 Å². The summed E-state index contributed by atoms with van der Waals surface area (Å²) in [4.78, 5) is 54.0. The van der Waals surface area contributed by atoms with E-state index in [1.165, 1.54) is 5.56 Å². The van der Waals surface area contributed by atoms with Gasteiger partial charge >= 0.3 is 5.97 Å². The van der Waals surface area contributed by atoms with Gasteiger partial charge in [0.15, 0.2) is 6.10 Å². The second-order valence-corrected chi connectivity index (χ2v) is 10.2. The lowest BCUT2D eigenvalue weighted by atomic mass is 9.95. The number of anilines is 1. The number of carbonyl (C=O) groups excluding carboxylic acids is 4. The molecule has 4 rings (SSSR count). The maximum atomic E-state index is 13.2. The monoisotopic (exact) mass is 549 g/mol. The number of nitrogens with zero attached hydrogens (tertiary/aromatic N) is 2. The molecule has 2 heterocycles. The van der Waals surface area contributed by atoms with E-state index in [-0.39, 0.29) is 36.9 Å². The van der Waals surface area contributed by atoms with Crippen molar-refractivity contribution in [3.63, 3.8) is 0 Å². The number of unbranched alkanes of at least 4 members (excludes halogenated alkanes) is 1. The highest BCUT2D eigenvalue weighted by molar-refractivity contribution is 5.97. The van der Waals surface area contributed by atoms with Crippen molar-refractivity contribution in [2.75, 3.05) is 31.1 Å². The van der Waals surface area contributed by atoms with Crippen LogP contribution in [0.2, 0.25) is 0 Å². The number of fused-ring (bicyclic) bond motifs is 1. The number of para-hydroxylation sites is 1. The van der Waals surface area contributed by atoms with E-state index in [4.69, 9.17) is 9.47 Å². The van der Waals surface area contributed by atoms with Gasteiger partial charge in [0, 0.05) is 36.8 Å². The Kier molecular flexibility index (Phi) is 10.2. The van der Waals surface area contributed by atoms with Crippen LogP contribution in [0, 0.1) is 0 Å². The van der Waals surface area contributed by atoms with Crippen molar-refractivity contribution >= 4 is 29.4 Å². The van der Waals surface area contributed by atoms with Gasteiger partial charge in [-0.1, -0.05) is 31.5 Å². The van der Waals surface area contributed by atoms with Crippen LogP contribution in [0.3, 0.4) is 0 Å². The largest absolute Gasteiger partial charge is 0.481 e. The summed E-state index contributed by atoms with van der Waals surface area (Å²) in [6.07, 6.45) is 4.20. The highest BCUT2D eigenvalue weighted by Gasteiger charge is 2.33. The predicted octanol–water partition coefficient (Wildman–Crippen LogP) is 3.89. The van der Waals surface area contributed by atoms with Crippen molar-refractivity contribution in [3.05, 3.63) is 59.7 Å². The molecule has 2 aliphatic heterocycles. The molecule has 1 saturated heterocycles. The standard InChI is InChI=1S/C31H39N3O6/c1-3-5-10-27(30(37)32-21-29(36)39-4-2)40-25-14-11-23(12-15-25)31(38)33-19-17-24(18-20-33)34-26-9-7-6-8-22(26)13-16-28(34)35/h6-9,11-12,14-15,24,27H,3-5,10,13,16-21H2,1-2H3,(H,32,37). The Bertz CT molecular complexity index is 1190. The lowest BCUT2D eigenvalue weighted by molar-refractivity contribution is -0.144. The maximum absolute atomic E-state index is 13.2. The first kappa shape index (κ1) is 29.1. The molecule has 0 aliphatic carbocycles. The average Bonchev–Trinajstić information content (AvgIpc) is 2.98. The summed E-state index contributed by atoms with van der Waals surface area (Å²) in [7, 11) is 0. The zero-order valence-corrected chi connectivity index (χ0v) is 23.4. The minimum Gasteiger partial charge on any atom is -0.481 e. The quantitative estimate of drug-likeness (QED) is 0.427. The van der Waals surface area contributed by atoms with E-state index in [1.54, 1.807) is 31.2 Å². The van der Waals surface area contributed by atoms with Crippen LogP contribution in [-0.4, -0.2) is 67.0 Å². The number of likely N-dealkylation sites (tertiary alicyclic amines) is 1. The van der Waals surface area contributed by atoms with Crippen molar-refractivity contribution in [2.45, 2.75) is 70.9 Å². The van der Waals surface area contributed by atoms with Crippen LogP contribution in [0.15, 0.2) is 48.5 Å². The van der Waals surface area contributed by atoms with Crippen LogP contribution in [0.25, 0.3) is 0 Å². The smallest absolute Gasteiger partial charge is 0.325 e. The highest BCUT2D eigenvalue weighted by atomic mass is 16.5. The van der Waals surface area contributed by atoms with Gasteiger partial charge in [-0.15, -0.1) is 0 Å². The lowest BCUT2D eigenvalue weighted by Gasteiger charge is -2.41. The summed E-state index contributed by atoms with van der Waals surface area (Å²) in [5, 5.41) is 2.58. The zero-order valence-electron chi connectivity index (χ0n) is 23.4. The van der Waals surface area contributed by atoms with Gasteiger partial charge in [0.2, 0.25) is 5.91 Å². The lowest BCUT2D eigenvalue weighted by Crippen LogP contribution is -2.50. The fraction of sp³-hybridized carbons (Fsp3) is 0.484. The Morgan fingerprint density at radius 2 is 1.73 bits per heavy atom. The molecule has 1 unspecified atom stereocenters. The highest BCUT2D eigenvalue weighted by Crippen LogP contribution is 2.32. The Morgan fingerprint density at radius 1 is 1.00 bits per heavy atom. The number of esters is 1. The van der Waals surface area contributed by atoms with Crippen molar-refractivity contribution in [2.24, 2.45) is 0 Å². The summed E-state index contributed by atoms with van der Waals surface area (Å²) < 4.78 is 10.8. The van der Waals surface area contributed by atoms with Crippen LogP contribution in [0.5, 0.6) is 5.75 Å². The van der Waals surface area contributed by atoms with Crippen molar-refractivity contribution in [1.29, 1.82) is 0 Å². The second kappa shape index (κ2) is 14.0. The molecule has 0 spiro atoms. The number of piperidine rings is 1. The summed E-state index contributed by atoms with van der Waals surface area (Å²) >= 11 is 0. The fourth-order valence-electron chi connectivity index (χ4n) is 5.32. The van der Waals surface area contributed by atoms with Gasteiger partial charge in [-0.05, 0) is 74.9 Å². The Morgan fingerprint density at radius 3 is 2.42 bits per heavy atom. The second-order valence-electron chi connectivity index (χ2n) is 10.2. The van der Waals surface area contributed by atoms with Crippen LogP contribution < -0.4 is 15.0 Å². The third kappa shape index (κ3) is 7.20. The summed E-state index contributed by atoms with van der Waals surface area (Å²) in [5.41, 5.74) is 2.75. The van der Waals surface area contributed by atoms with E-state index in [0.717, 1.165) is 37.8 Å². The van der Waals surface area contributed by atoms with Gasteiger partial charge in [-0.2, -0.15) is 0 Å². The molecule has 0 radical (unpaired) electrons. The normalized spacial score (nSPS) is 16.2. The van der Waals surface area contributed by atoms with Crippen molar-refractivity contribution < 1.29 is 28.7 Å². The predicted molar refractivity (Wildman–Crippen MR) is 151 cm³/mol. The number of aryl methyl sites for hydroxylation is 1. The van der Waals surface area contributed by atoms with E-state index in [2.05, 4.69) is 11.4 Å². The fourth-order valence-corrected chi connectivity index (χ4v) is 5.32. The first-order valence-corrected chi connectivity index (χ1v) is 14.3. The van der Waals surface area contributed by atoms with E-state index in [9.17, 15) is 19.2 Å². The zero-order chi connectivity index (χ0) is 28.5. The third-order valence-corrected chi connectivity index (χ3v) is 7.45. The Balaban J connectivity index is 1.33. The molecule has 1 fully saturated rings. The number of hydrogen-bond acceptors (Lipinski definition) is 6. The minimum absolute atomic E-state index is 0.0647. The van der Waals surface area contributed by atoms with Crippen LogP contribution in [0.1, 0.15) is 68.3 Å². The van der Waals surface area contributed by atoms with Gasteiger partial charge in [-0.25, -0.2) is 0 Å². The molecule has 1 N–H and O–H groups in total. The molecule has 3 amide bonds. The number of nitrogens with one attached hydrogen (secondary N) is 1. The van der Waals surface area contributed by atoms with Crippen molar-refractivity contribution in [3.8, 4) is 5.75 Å². The number of rotatable bonds is 11. The van der Waals surface area contributed by atoms with Crippen LogP contribution >= 0.6 is 0 Å². The minimum atomic E-state index is -0.752. The van der Waals surface area contributed by atoms with E-state index < -0.39 is 12.1 Å². The number of amides is 3. The number of carbonyl (C=O) groups is 4. The molecule has 40 heavy (non-hydrogen) atoms. The Labute approximate surface area is 235 Å². The Hall–Kier alpha value is -3.88. The molecule has 0 saturated carbocycles. The van der Waals surface area contributed by atoms with Crippen LogP contribution in [-0.2, 0) is 25.5 Å². The maximum Gasteiger partial charge on any atom is 0.325 e. The van der Waals surface area contributed by atoms with E-state index in [0.29, 0.717) is 37.2 Å². The SMILES string of the molecule is CCCCC(Oc1ccc(C(=O)N2CCC(N3C(=O)CCc4ccccc43)CC2)cc1)C(=O)NCC(=O)OCC. The molecule has 1 atom stereocenters. The molecule has 0 aromatic heterocycles. The molecular formula is C31H39N3O6. The number of hydrogen-bond donors (Lipinski definition) is 1. The molecule has 2 aromatic carbocycles. The van der Waals surface area contributed by atoms with Gasteiger partial charge in [0.05, 0.1) is 6.61 Å². The van der Waals surface area contributed by atoms with Gasteiger partial charge in [-0.3, -0.25) is 19.2 Å². The van der Waals surface area contributed by atoms with Gasteiger partial charge in [0.25, 0.3) is 11.8 Å². The summed E-state index contributed by atoms with van der Waals surface area (Å²) in [5.74, 6) is -0.301. The first-order valence-electron chi connectivity index (χ1n) is 14.3. The van der Waals surface area contributed by atoms with Gasteiger partial charge in [0.1, 0.15) is 12.3 Å². The van der Waals surface area contributed by atoms with E-state index in [1.807, 2.05) is 34.9 Å². The third-order valence-electron chi connectivity index (χ3n) is 7.45. The first-order chi connectivity index (χ1) is 19.4. The topological polar surface area (TPSA) is 105 Å². The molecule has 2 aromatic rings. The molecule has 9 nitrogen and oxygen atoms in total. The molecule has 214 valence electrons. The molecular weight excluding hydrogens is 510 g/mol. The summed E-state index contributed by atoms with van der Waals surface area (Å²) in [6, 6.07) is 15.0. The summed E-state index contributed by atoms with van der Waals surface area (Å²) in [6.45, 7) is 4.93. The average molecular weight is 550 g/mol. The van der Waals surface area contributed by atoms with E-state index >= 15 is 0 Å². The number of benzene rings is 2. The molecule has 9 heteroatoms. The van der Waals surface area contributed by atoms with Crippen molar-refractivity contribution in [1.82, 2.24) is 10.2 Å².